The van der Waals surface area contributed by atoms with Crippen molar-refractivity contribution >= 4 is 27.6 Å². The topological polar surface area (TPSA) is 121 Å². The zero-order valence-corrected chi connectivity index (χ0v) is 19.8. The van der Waals surface area contributed by atoms with E-state index in [4.69, 9.17) is 4.74 Å². The minimum atomic E-state index is -3.37. The fourth-order valence-corrected chi connectivity index (χ4v) is 5.84. The minimum absolute atomic E-state index is 0.233. The largest absolute Gasteiger partial charge is 0.495 e. The molecular weight excluding hydrogens is 456 g/mol. The molecule has 5 rings (SSSR count). The van der Waals surface area contributed by atoms with Gasteiger partial charge in [0.05, 0.1) is 30.9 Å². The third kappa shape index (κ3) is 3.96. The molecule has 2 aromatic heterocycles. The summed E-state index contributed by atoms with van der Waals surface area (Å²) < 4.78 is 31.4. The number of pyridine rings is 1. The van der Waals surface area contributed by atoms with Gasteiger partial charge in [-0.05, 0) is 30.5 Å². The maximum Gasteiger partial charge on any atom is 0.323 e. The Morgan fingerprint density at radius 2 is 1.94 bits per heavy atom. The lowest BCUT2D eigenvalue weighted by Crippen LogP contribution is -2.48. The summed E-state index contributed by atoms with van der Waals surface area (Å²) in [7, 11) is -1.80. The number of hydrogen-bond acceptors (Lipinski definition) is 6. The SMILES string of the molecule is COc1cncc(-c2cc(NC(=O)N3CCC4(CC3)CN(S(C)(=O)=O)c3ccccc34)n[nH]2)c1. The normalized spacial score (nSPS) is 17.0. The van der Waals surface area contributed by atoms with Gasteiger partial charge in [-0.2, -0.15) is 5.10 Å². The number of para-hydroxylation sites is 1. The third-order valence-electron chi connectivity index (χ3n) is 6.67. The number of carbonyl (C=O) groups is 1. The van der Waals surface area contributed by atoms with Crippen molar-refractivity contribution in [2.75, 3.05) is 42.6 Å². The number of rotatable bonds is 4. The lowest BCUT2D eigenvalue weighted by atomic mass is 9.74. The fraction of sp³-hybridized carbons (Fsp3) is 0.348. The van der Waals surface area contributed by atoms with Gasteiger partial charge in [0.15, 0.2) is 5.82 Å². The van der Waals surface area contributed by atoms with Crippen LogP contribution in [0.25, 0.3) is 11.3 Å². The third-order valence-corrected chi connectivity index (χ3v) is 7.80. The summed E-state index contributed by atoms with van der Waals surface area (Å²) in [5, 5.41) is 9.95. The minimum Gasteiger partial charge on any atom is -0.495 e. The summed E-state index contributed by atoms with van der Waals surface area (Å²) in [4.78, 5) is 18.8. The second-order valence-electron chi connectivity index (χ2n) is 8.76. The number of hydrogen-bond donors (Lipinski definition) is 2. The molecule has 1 aromatic carbocycles. The molecular formula is C23H26N6O4S. The summed E-state index contributed by atoms with van der Waals surface area (Å²) in [5.74, 6) is 1.04. The summed E-state index contributed by atoms with van der Waals surface area (Å²) in [6.45, 7) is 1.46. The van der Waals surface area contributed by atoms with Crippen LogP contribution in [0.2, 0.25) is 0 Å². The van der Waals surface area contributed by atoms with Crippen molar-refractivity contribution in [1.82, 2.24) is 20.1 Å². The molecule has 4 heterocycles. The second kappa shape index (κ2) is 8.32. The molecule has 2 N–H and O–H groups in total. The molecule has 11 heteroatoms. The van der Waals surface area contributed by atoms with Crippen LogP contribution in [0.3, 0.4) is 0 Å². The summed E-state index contributed by atoms with van der Waals surface area (Å²) in [5.41, 5.74) is 3.02. The Hall–Kier alpha value is -3.60. The van der Waals surface area contributed by atoms with Crippen molar-refractivity contribution in [2.24, 2.45) is 0 Å². The lowest BCUT2D eigenvalue weighted by Gasteiger charge is -2.39. The van der Waals surface area contributed by atoms with Crippen LogP contribution in [-0.2, 0) is 15.4 Å². The second-order valence-corrected chi connectivity index (χ2v) is 10.7. The van der Waals surface area contributed by atoms with E-state index in [1.165, 1.54) is 10.6 Å². The van der Waals surface area contributed by atoms with Crippen molar-refractivity contribution in [3.8, 4) is 17.0 Å². The number of ether oxygens (including phenoxy) is 1. The molecule has 34 heavy (non-hydrogen) atoms. The van der Waals surface area contributed by atoms with Gasteiger partial charge in [-0.15, -0.1) is 0 Å². The average Bonchev–Trinajstić information content (AvgIpc) is 3.43. The first-order valence-electron chi connectivity index (χ1n) is 11.0. The molecule has 1 fully saturated rings. The molecule has 178 valence electrons. The van der Waals surface area contributed by atoms with Crippen LogP contribution >= 0.6 is 0 Å². The van der Waals surface area contributed by atoms with E-state index in [1.807, 2.05) is 30.3 Å². The zero-order valence-electron chi connectivity index (χ0n) is 19.0. The monoisotopic (exact) mass is 482 g/mol. The number of benzene rings is 1. The van der Waals surface area contributed by atoms with Gasteiger partial charge in [0.1, 0.15) is 5.75 Å². The first-order valence-corrected chi connectivity index (χ1v) is 12.8. The van der Waals surface area contributed by atoms with Gasteiger partial charge in [0.25, 0.3) is 0 Å². The van der Waals surface area contributed by atoms with E-state index in [2.05, 4.69) is 20.5 Å². The molecule has 0 radical (unpaired) electrons. The number of aromatic nitrogens is 3. The number of fused-ring (bicyclic) bond motifs is 2. The highest BCUT2D eigenvalue weighted by atomic mass is 32.2. The number of nitrogens with zero attached hydrogens (tertiary/aromatic N) is 4. The molecule has 2 aliphatic heterocycles. The molecule has 0 unspecified atom stereocenters. The Balaban J connectivity index is 1.26. The van der Waals surface area contributed by atoms with Crippen LogP contribution in [0.1, 0.15) is 18.4 Å². The number of methoxy groups -OCH3 is 1. The zero-order chi connectivity index (χ0) is 23.9. The van der Waals surface area contributed by atoms with Crippen LogP contribution < -0.4 is 14.4 Å². The van der Waals surface area contributed by atoms with Gasteiger partial charge in [-0.1, -0.05) is 18.2 Å². The fourth-order valence-electron chi connectivity index (χ4n) is 4.85. The van der Waals surface area contributed by atoms with E-state index >= 15 is 0 Å². The summed E-state index contributed by atoms with van der Waals surface area (Å²) in [6.07, 6.45) is 5.91. The maximum atomic E-state index is 12.9. The number of carbonyl (C=O) groups excluding carboxylic acids is 1. The number of urea groups is 1. The van der Waals surface area contributed by atoms with Crippen LogP contribution in [0, 0.1) is 0 Å². The molecule has 1 saturated heterocycles. The smallest absolute Gasteiger partial charge is 0.323 e. The average molecular weight is 483 g/mol. The molecule has 0 saturated carbocycles. The Kier molecular flexibility index (Phi) is 5.43. The van der Waals surface area contributed by atoms with Gasteiger partial charge in [0, 0.05) is 42.9 Å². The number of piperidine rings is 1. The van der Waals surface area contributed by atoms with Gasteiger partial charge < -0.3 is 9.64 Å². The lowest BCUT2D eigenvalue weighted by molar-refractivity contribution is 0.173. The van der Waals surface area contributed by atoms with Crippen LogP contribution in [-0.4, -0.2) is 67.5 Å². The molecule has 0 atom stereocenters. The predicted octanol–water partition coefficient (Wildman–Crippen LogP) is 2.83. The quantitative estimate of drug-likeness (QED) is 0.590. The summed E-state index contributed by atoms with van der Waals surface area (Å²) in [6, 6.07) is 11.0. The molecule has 0 bridgehead atoms. The van der Waals surface area contributed by atoms with E-state index in [1.54, 1.807) is 30.5 Å². The van der Waals surface area contributed by atoms with Gasteiger partial charge >= 0.3 is 6.03 Å². The van der Waals surface area contributed by atoms with E-state index in [0.29, 0.717) is 49.7 Å². The number of nitrogens with one attached hydrogen (secondary N) is 2. The highest BCUT2D eigenvalue weighted by molar-refractivity contribution is 7.92. The highest BCUT2D eigenvalue weighted by Crippen LogP contribution is 2.47. The van der Waals surface area contributed by atoms with E-state index < -0.39 is 10.0 Å². The van der Waals surface area contributed by atoms with Gasteiger partial charge in [-0.3, -0.25) is 19.7 Å². The molecule has 10 nitrogen and oxygen atoms in total. The van der Waals surface area contributed by atoms with Crippen LogP contribution in [0.5, 0.6) is 5.75 Å². The molecule has 1 spiro atoms. The maximum absolute atomic E-state index is 12.9. The Bertz CT molecular complexity index is 1330. The molecule has 2 aliphatic rings. The number of amides is 2. The number of H-pyrrole nitrogens is 1. The van der Waals surface area contributed by atoms with Gasteiger partial charge in [-0.25, -0.2) is 13.2 Å². The molecule has 2 amide bonds. The highest BCUT2D eigenvalue weighted by Gasteiger charge is 2.47. The predicted molar refractivity (Wildman–Crippen MR) is 129 cm³/mol. The molecule has 0 aliphatic carbocycles. The van der Waals surface area contributed by atoms with Crippen molar-refractivity contribution in [3.05, 3.63) is 54.4 Å². The Morgan fingerprint density at radius 1 is 1.18 bits per heavy atom. The number of aromatic amines is 1. The number of anilines is 2. The summed E-state index contributed by atoms with van der Waals surface area (Å²) >= 11 is 0. The Labute approximate surface area is 198 Å². The van der Waals surface area contributed by atoms with Crippen molar-refractivity contribution in [1.29, 1.82) is 0 Å². The Morgan fingerprint density at radius 3 is 2.68 bits per heavy atom. The van der Waals surface area contributed by atoms with Crippen LogP contribution in [0.4, 0.5) is 16.3 Å². The van der Waals surface area contributed by atoms with Crippen molar-refractivity contribution < 1.29 is 17.9 Å². The van der Waals surface area contributed by atoms with Crippen molar-refractivity contribution in [3.63, 3.8) is 0 Å². The van der Waals surface area contributed by atoms with E-state index in [0.717, 1.165) is 16.8 Å². The van der Waals surface area contributed by atoms with E-state index in [9.17, 15) is 13.2 Å². The standard InChI is InChI=1S/C23H26N6O4S/c1-33-17-11-16(13-24-14-17)19-12-21(27-26-19)25-22(30)28-9-7-23(8-10-28)15-29(34(2,31)32)20-6-4-3-5-18(20)23/h3-6,11-14H,7-10,15H2,1-2H3,(H2,25,26,27,30). The first-order chi connectivity index (χ1) is 16.3. The first kappa shape index (κ1) is 22.2. The van der Waals surface area contributed by atoms with Crippen LogP contribution in [0.15, 0.2) is 48.8 Å². The molecule has 3 aromatic rings. The van der Waals surface area contributed by atoms with E-state index in [-0.39, 0.29) is 11.4 Å². The van der Waals surface area contributed by atoms with Gasteiger partial charge in [0.2, 0.25) is 10.0 Å². The van der Waals surface area contributed by atoms with Crippen molar-refractivity contribution in [2.45, 2.75) is 18.3 Å². The number of likely N-dealkylation sites (tertiary alicyclic amines) is 1. The number of sulfonamides is 1.